The van der Waals surface area contributed by atoms with Crippen molar-refractivity contribution in [3.63, 3.8) is 0 Å². The summed E-state index contributed by atoms with van der Waals surface area (Å²) in [7, 11) is 0. The Bertz CT molecular complexity index is 1260. The van der Waals surface area contributed by atoms with Gasteiger partial charge in [-0.25, -0.2) is 0 Å². The predicted octanol–water partition coefficient (Wildman–Crippen LogP) is 5.38. The number of halogens is 4. The van der Waals surface area contributed by atoms with Gasteiger partial charge in [0, 0.05) is 23.3 Å². The number of rotatable bonds is 4. The van der Waals surface area contributed by atoms with Crippen LogP contribution in [-0.2, 0) is 22.3 Å². The van der Waals surface area contributed by atoms with E-state index >= 15 is 0 Å². The maximum atomic E-state index is 13.2. The van der Waals surface area contributed by atoms with Crippen LogP contribution in [-0.4, -0.2) is 26.7 Å². The molecule has 1 N–H and O–H groups in total. The van der Waals surface area contributed by atoms with Crippen LogP contribution in [0.2, 0.25) is 5.02 Å². The molecule has 5 nitrogen and oxygen atoms in total. The van der Waals surface area contributed by atoms with Gasteiger partial charge in [-0.2, -0.15) is 13.2 Å². The molecule has 1 aliphatic heterocycles. The molecular weight excluding hydrogens is 457 g/mol. The van der Waals surface area contributed by atoms with E-state index in [0.29, 0.717) is 5.02 Å². The predicted molar refractivity (Wildman–Crippen MR) is 115 cm³/mol. The molecule has 3 aromatic rings. The fourth-order valence-electron chi connectivity index (χ4n) is 3.72. The molecule has 1 aliphatic rings. The molecule has 33 heavy (non-hydrogen) atoms. The first-order valence-electron chi connectivity index (χ1n) is 9.78. The van der Waals surface area contributed by atoms with Crippen LogP contribution in [0, 0.1) is 0 Å². The fourth-order valence-corrected chi connectivity index (χ4v) is 3.91. The largest absolute Gasteiger partial charge is 0.507 e. The van der Waals surface area contributed by atoms with Crippen molar-refractivity contribution >= 4 is 29.1 Å². The number of hydrogen-bond acceptors (Lipinski definition) is 4. The Hall–Kier alpha value is -3.65. The fraction of sp³-hybridized carbons (Fsp3) is 0.125. The second-order valence-corrected chi connectivity index (χ2v) is 7.83. The number of aliphatic hydroxyl groups is 1. The molecule has 9 heteroatoms. The van der Waals surface area contributed by atoms with Crippen molar-refractivity contribution in [2.75, 3.05) is 0 Å². The maximum Gasteiger partial charge on any atom is 0.416 e. The van der Waals surface area contributed by atoms with Gasteiger partial charge in [0.2, 0.25) is 0 Å². The molecule has 1 saturated heterocycles. The van der Waals surface area contributed by atoms with Crippen LogP contribution in [0.15, 0.2) is 78.5 Å². The lowest BCUT2D eigenvalue weighted by Crippen LogP contribution is -2.29. The zero-order valence-electron chi connectivity index (χ0n) is 16.9. The van der Waals surface area contributed by atoms with E-state index in [2.05, 4.69) is 4.98 Å². The van der Waals surface area contributed by atoms with Gasteiger partial charge in [-0.05, 0) is 42.0 Å². The number of ketones is 1. The van der Waals surface area contributed by atoms with Gasteiger partial charge in [-0.3, -0.25) is 14.6 Å². The van der Waals surface area contributed by atoms with Gasteiger partial charge >= 0.3 is 6.18 Å². The second-order valence-electron chi connectivity index (χ2n) is 7.39. The highest BCUT2D eigenvalue weighted by Crippen LogP contribution is 2.40. The average Bonchev–Trinajstić information content (AvgIpc) is 3.04. The van der Waals surface area contributed by atoms with Crippen molar-refractivity contribution in [3.05, 3.63) is 106 Å². The van der Waals surface area contributed by atoms with E-state index in [1.54, 1.807) is 30.3 Å². The maximum absolute atomic E-state index is 13.2. The number of pyridine rings is 1. The third kappa shape index (κ3) is 4.47. The number of nitrogens with zero attached hydrogens (tertiary/aromatic N) is 2. The van der Waals surface area contributed by atoms with Gasteiger partial charge in [0.05, 0.1) is 16.8 Å². The Labute approximate surface area is 191 Å². The minimum absolute atomic E-state index is 0.176. The molecule has 1 amide bonds. The Morgan fingerprint density at radius 3 is 2.45 bits per heavy atom. The van der Waals surface area contributed by atoms with Gasteiger partial charge in [0.1, 0.15) is 11.8 Å². The van der Waals surface area contributed by atoms with E-state index in [0.717, 1.165) is 17.0 Å². The Kier molecular flexibility index (Phi) is 5.95. The highest BCUT2D eigenvalue weighted by Gasteiger charge is 2.46. The summed E-state index contributed by atoms with van der Waals surface area (Å²) in [5, 5.41) is 11.3. The van der Waals surface area contributed by atoms with E-state index in [-0.39, 0.29) is 28.9 Å². The summed E-state index contributed by atoms with van der Waals surface area (Å²) in [4.78, 5) is 31.2. The van der Waals surface area contributed by atoms with E-state index < -0.39 is 35.2 Å². The summed E-state index contributed by atoms with van der Waals surface area (Å²) in [5.41, 5.74) is -0.402. The number of carbonyl (C=O) groups excluding carboxylic acids is 2. The van der Waals surface area contributed by atoms with Crippen LogP contribution < -0.4 is 0 Å². The highest BCUT2D eigenvalue weighted by molar-refractivity contribution is 6.46. The molecule has 0 spiro atoms. The number of amides is 1. The lowest BCUT2D eigenvalue weighted by Gasteiger charge is -2.25. The van der Waals surface area contributed by atoms with Crippen LogP contribution in [0.25, 0.3) is 5.76 Å². The Morgan fingerprint density at radius 1 is 1.03 bits per heavy atom. The first kappa shape index (κ1) is 22.5. The molecule has 0 saturated carbocycles. The van der Waals surface area contributed by atoms with Gasteiger partial charge in [-0.1, -0.05) is 41.9 Å². The van der Waals surface area contributed by atoms with E-state index in [9.17, 15) is 27.9 Å². The molecule has 1 fully saturated rings. The van der Waals surface area contributed by atoms with Crippen LogP contribution >= 0.6 is 11.6 Å². The number of aliphatic hydroxyl groups excluding tert-OH is 1. The molecule has 0 radical (unpaired) electrons. The highest BCUT2D eigenvalue weighted by atomic mass is 35.5. The number of benzene rings is 2. The molecule has 0 aliphatic carbocycles. The minimum Gasteiger partial charge on any atom is -0.507 e. The molecular formula is C24H16ClF3N2O3. The van der Waals surface area contributed by atoms with Gasteiger partial charge < -0.3 is 10.0 Å². The second kappa shape index (κ2) is 8.71. The summed E-state index contributed by atoms with van der Waals surface area (Å²) < 4.78 is 39.5. The number of carbonyl (C=O) groups is 2. The van der Waals surface area contributed by atoms with Crippen molar-refractivity contribution in [2.24, 2.45) is 0 Å². The summed E-state index contributed by atoms with van der Waals surface area (Å²) in [6, 6.07) is 14.4. The topological polar surface area (TPSA) is 70.5 Å². The molecule has 4 rings (SSSR count). The third-order valence-electron chi connectivity index (χ3n) is 5.21. The third-order valence-corrected chi connectivity index (χ3v) is 5.45. The quantitative estimate of drug-likeness (QED) is 0.314. The van der Waals surface area contributed by atoms with Crippen LogP contribution in [0.3, 0.4) is 0 Å². The van der Waals surface area contributed by atoms with Crippen molar-refractivity contribution < 1.29 is 27.9 Å². The number of Topliss-reactive ketones (excluding diaryl/α,β-unsaturated/α-hetero) is 1. The zero-order valence-corrected chi connectivity index (χ0v) is 17.6. The van der Waals surface area contributed by atoms with E-state index in [4.69, 9.17) is 11.6 Å². The van der Waals surface area contributed by atoms with Crippen molar-refractivity contribution in [1.29, 1.82) is 0 Å². The Morgan fingerprint density at radius 2 is 1.79 bits per heavy atom. The summed E-state index contributed by atoms with van der Waals surface area (Å²) >= 11 is 6.00. The first-order chi connectivity index (χ1) is 15.7. The van der Waals surface area contributed by atoms with Crippen LogP contribution in [0.5, 0.6) is 0 Å². The minimum atomic E-state index is -4.56. The molecule has 0 bridgehead atoms. The van der Waals surface area contributed by atoms with Crippen molar-refractivity contribution in [3.8, 4) is 0 Å². The van der Waals surface area contributed by atoms with Crippen LogP contribution in [0.1, 0.15) is 28.4 Å². The zero-order chi connectivity index (χ0) is 23.8. The smallest absolute Gasteiger partial charge is 0.416 e. The lowest BCUT2D eigenvalue weighted by atomic mass is 9.98. The van der Waals surface area contributed by atoms with Gasteiger partial charge in [0.25, 0.3) is 11.7 Å². The molecule has 1 unspecified atom stereocenters. The van der Waals surface area contributed by atoms with Crippen molar-refractivity contribution in [2.45, 2.75) is 18.8 Å². The molecule has 1 aromatic heterocycles. The number of hydrogen-bond donors (Lipinski definition) is 1. The first-order valence-corrected chi connectivity index (χ1v) is 10.2. The lowest BCUT2D eigenvalue weighted by molar-refractivity contribution is -0.140. The summed E-state index contributed by atoms with van der Waals surface area (Å²) in [6.45, 7) is -0.290. The van der Waals surface area contributed by atoms with Crippen LogP contribution in [0.4, 0.5) is 13.2 Å². The number of alkyl halides is 3. The van der Waals surface area contributed by atoms with Crippen molar-refractivity contribution in [1.82, 2.24) is 9.88 Å². The SMILES string of the molecule is O=C1C(=O)N(Cc2cccc(C(F)(F)F)c2)C(c2ccccn2)/C1=C(\O)c1cccc(Cl)c1. The number of aromatic nitrogens is 1. The Balaban J connectivity index is 1.83. The van der Waals surface area contributed by atoms with E-state index in [1.807, 2.05) is 0 Å². The van der Waals surface area contributed by atoms with Gasteiger partial charge in [0.15, 0.2) is 0 Å². The molecule has 2 aromatic carbocycles. The van der Waals surface area contributed by atoms with E-state index in [1.165, 1.54) is 30.5 Å². The normalized spacial score (nSPS) is 18.1. The molecule has 2 heterocycles. The average molecular weight is 473 g/mol. The molecule has 1 atom stereocenters. The monoisotopic (exact) mass is 472 g/mol. The van der Waals surface area contributed by atoms with Gasteiger partial charge in [-0.15, -0.1) is 0 Å². The molecule has 168 valence electrons. The summed E-state index contributed by atoms with van der Waals surface area (Å²) in [6.07, 6.45) is -3.10. The standard InChI is InChI=1S/C24H16ClF3N2O3/c25-17-8-4-6-15(12-17)21(31)19-20(18-9-1-2-10-29-18)30(23(33)22(19)32)13-14-5-3-7-16(11-14)24(26,27)28/h1-12,20,31H,13H2/b21-19+. The summed E-state index contributed by atoms with van der Waals surface area (Å²) in [5.74, 6) is -2.36. The number of likely N-dealkylation sites (tertiary alicyclic amines) is 1.